The summed E-state index contributed by atoms with van der Waals surface area (Å²) in [4.78, 5) is 0. The van der Waals surface area contributed by atoms with E-state index in [2.05, 4.69) is 76.6 Å². The highest BCUT2D eigenvalue weighted by atomic mass is 32.2. The van der Waals surface area contributed by atoms with Crippen molar-refractivity contribution in [2.75, 3.05) is 13.1 Å². The number of thiocarbonyl (C=S) groups is 4. The van der Waals surface area contributed by atoms with E-state index in [0.717, 1.165) is 26.9 Å². The second kappa shape index (κ2) is 19.4. The molecule has 2 saturated heterocycles. The Labute approximate surface area is 175 Å². The second-order valence-corrected chi connectivity index (χ2v) is 9.04. The van der Waals surface area contributed by atoms with Gasteiger partial charge in [-0.1, -0.05) is 92.6 Å². The molecule has 0 amide bonds. The fourth-order valence-electron chi connectivity index (χ4n) is 0.640. The third-order valence-corrected chi connectivity index (χ3v) is 3.11. The van der Waals surface area contributed by atoms with Crippen LogP contribution < -0.4 is 10.6 Å². The minimum absolute atomic E-state index is 0. The lowest BCUT2D eigenvalue weighted by molar-refractivity contribution is 0.584. The Bertz CT molecular complexity index is 315. The summed E-state index contributed by atoms with van der Waals surface area (Å²) >= 11 is 20.2. The van der Waals surface area contributed by atoms with Crippen LogP contribution >= 0.6 is 60.6 Å². The highest BCUT2D eigenvalue weighted by Crippen LogP contribution is 2.10. The molecule has 8 heteroatoms. The Morgan fingerprint density at radius 2 is 1.25 bits per heavy atom. The van der Waals surface area contributed by atoms with Gasteiger partial charge in [0.25, 0.3) is 5.17 Å². The van der Waals surface area contributed by atoms with Gasteiger partial charge in [0.15, 0.2) is 5.05 Å². The Morgan fingerprint density at radius 1 is 0.833 bits per heavy atom. The van der Waals surface area contributed by atoms with Gasteiger partial charge in [0, 0.05) is 0 Å². The van der Waals surface area contributed by atoms with Crippen molar-refractivity contribution in [1.82, 2.24) is 10.6 Å². The van der Waals surface area contributed by atoms with Crippen LogP contribution in [0.15, 0.2) is 0 Å². The summed E-state index contributed by atoms with van der Waals surface area (Å²) in [6, 6.07) is 0. The summed E-state index contributed by atoms with van der Waals surface area (Å²) in [5, 5.41) is 6.59. The Hall–Kier alpha value is 0.110. The van der Waals surface area contributed by atoms with Gasteiger partial charge >= 0.3 is 0 Å². The molecule has 2 rings (SSSR count). The van der Waals surface area contributed by atoms with Crippen LogP contribution in [0.3, 0.4) is 0 Å². The van der Waals surface area contributed by atoms with Gasteiger partial charge in [0.05, 0.1) is 17.3 Å². The van der Waals surface area contributed by atoms with Gasteiger partial charge < -0.3 is 15.4 Å². The number of thioether (sulfide) groups is 1. The van der Waals surface area contributed by atoms with Gasteiger partial charge in [0.1, 0.15) is 4.32 Å². The van der Waals surface area contributed by atoms with Crippen LogP contribution in [0.5, 0.6) is 0 Å². The van der Waals surface area contributed by atoms with E-state index in [1.54, 1.807) is 0 Å². The maximum Gasteiger partial charge on any atom is 0.263 e. The lowest BCUT2D eigenvalue weighted by atomic mass is 10.3. The molecule has 2 aliphatic rings. The molecule has 2 heterocycles. The Kier molecular flexibility index (Phi) is 25.8. The first-order valence-electron chi connectivity index (χ1n) is 7.01. The monoisotopic (exact) mass is 430 g/mol. The van der Waals surface area contributed by atoms with E-state index in [1.807, 2.05) is 0 Å². The molecule has 0 atom stereocenters. The molecule has 3 nitrogen and oxygen atoms in total. The van der Waals surface area contributed by atoms with Crippen LogP contribution in [-0.2, 0) is 4.74 Å². The largest absolute Gasteiger partial charge is 0.423 e. The molecule has 2 aliphatic heterocycles. The van der Waals surface area contributed by atoms with Crippen LogP contribution in [0, 0.1) is 11.8 Å². The third-order valence-electron chi connectivity index (χ3n) is 1.17. The highest BCUT2D eigenvalue weighted by Gasteiger charge is 2.10. The number of ether oxygens (including phenoxy) is 1. The molecule has 0 aliphatic carbocycles. The summed E-state index contributed by atoms with van der Waals surface area (Å²) in [6.45, 7) is 14.4. The molecule has 0 aromatic rings. The van der Waals surface area contributed by atoms with Gasteiger partial charge in [-0.05, 0) is 36.3 Å². The normalized spacial score (nSPS) is 14.3. The summed E-state index contributed by atoms with van der Waals surface area (Å²) in [5.41, 5.74) is 0. The SMILES string of the molecule is C.C.CC(C)C.CC(C)C.S=C1CNC(=S)O1.S=C1CNC(=S)S1. The molecule has 0 saturated carbocycles. The van der Waals surface area contributed by atoms with E-state index in [9.17, 15) is 0 Å². The first-order chi connectivity index (χ1) is 10.0. The van der Waals surface area contributed by atoms with Gasteiger partial charge in [-0.25, -0.2) is 0 Å². The molecule has 0 radical (unpaired) electrons. The molecule has 0 spiro atoms. The molecule has 0 bridgehead atoms. The smallest absolute Gasteiger partial charge is 0.263 e. The quantitative estimate of drug-likeness (QED) is 0.470. The zero-order valence-electron chi connectivity index (χ0n) is 14.0. The van der Waals surface area contributed by atoms with Crippen LogP contribution in [0.2, 0.25) is 0 Å². The van der Waals surface area contributed by atoms with Crippen molar-refractivity contribution in [3.8, 4) is 0 Å². The molecule has 0 aromatic heterocycles. The fourth-order valence-corrected chi connectivity index (χ4v) is 2.37. The summed E-state index contributed by atoms with van der Waals surface area (Å²) in [6.07, 6.45) is 0. The third kappa shape index (κ3) is 30.0. The molecule has 0 aromatic carbocycles. The number of hydrogen-bond donors (Lipinski definition) is 2. The second-order valence-electron chi connectivity index (χ2n) is 5.69. The average Bonchev–Trinajstić information content (AvgIpc) is 2.86. The fraction of sp³-hybridized carbons (Fsp3) is 0.750. The zero-order chi connectivity index (χ0) is 17.7. The Balaban J connectivity index is -0.000000112. The lowest BCUT2D eigenvalue weighted by Crippen LogP contribution is -2.11. The molecule has 24 heavy (non-hydrogen) atoms. The van der Waals surface area contributed by atoms with E-state index in [-0.39, 0.29) is 14.9 Å². The summed E-state index contributed by atoms with van der Waals surface area (Å²) < 4.78 is 6.47. The standard InChI is InChI=1S/2C4H10.C3H3NOS2.C3H3NS3.2CH4/c2*1-4(2)3;6-2-1-4-3(7)5-2;5-2-1-4-3(6)7-2;;/h2*4H,1-3H3;1H2,(H,4,7);1H2,(H,4,6);2*1H4. The molecule has 0 unspecified atom stereocenters. The van der Waals surface area contributed by atoms with Gasteiger partial charge in [-0.3, -0.25) is 0 Å². The number of rotatable bonds is 0. The molecule has 2 N–H and O–H groups in total. The molecular weight excluding hydrogens is 397 g/mol. The highest BCUT2D eigenvalue weighted by molar-refractivity contribution is 8.38. The van der Waals surface area contributed by atoms with Crippen molar-refractivity contribution in [1.29, 1.82) is 0 Å². The van der Waals surface area contributed by atoms with Crippen molar-refractivity contribution in [3.63, 3.8) is 0 Å². The van der Waals surface area contributed by atoms with Crippen molar-refractivity contribution in [2.24, 2.45) is 11.8 Å². The number of hydrogen-bond acceptors (Lipinski definition) is 6. The van der Waals surface area contributed by atoms with Crippen LogP contribution in [0.1, 0.15) is 56.4 Å². The maximum absolute atomic E-state index is 4.81. The summed E-state index contributed by atoms with van der Waals surface area (Å²) in [5.74, 6) is 1.67. The average molecular weight is 431 g/mol. The van der Waals surface area contributed by atoms with Crippen LogP contribution in [0.4, 0.5) is 0 Å². The molecular formula is C16H34N2OS5. The van der Waals surface area contributed by atoms with E-state index in [1.165, 1.54) is 11.8 Å². The van der Waals surface area contributed by atoms with E-state index < -0.39 is 0 Å². The first kappa shape index (κ1) is 31.8. The van der Waals surface area contributed by atoms with Gasteiger partial charge in [-0.2, -0.15) is 0 Å². The minimum Gasteiger partial charge on any atom is -0.423 e. The van der Waals surface area contributed by atoms with Crippen LogP contribution in [0.25, 0.3) is 0 Å². The minimum atomic E-state index is 0. The van der Waals surface area contributed by atoms with Crippen molar-refractivity contribution in [3.05, 3.63) is 0 Å². The van der Waals surface area contributed by atoms with Gasteiger partial charge in [0.2, 0.25) is 0 Å². The molecule has 2 fully saturated rings. The first-order valence-corrected chi connectivity index (χ1v) is 9.46. The van der Waals surface area contributed by atoms with E-state index in [4.69, 9.17) is 29.2 Å². The van der Waals surface area contributed by atoms with Crippen molar-refractivity contribution >= 4 is 79.4 Å². The van der Waals surface area contributed by atoms with E-state index in [0.29, 0.717) is 16.8 Å². The van der Waals surface area contributed by atoms with Crippen LogP contribution in [-0.4, -0.2) is 31.8 Å². The topological polar surface area (TPSA) is 33.3 Å². The number of nitrogens with one attached hydrogen (secondary N) is 2. The van der Waals surface area contributed by atoms with Crippen molar-refractivity contribution < 1.29 is 4.74 Å². The maximum atomic E-state index is 4.81. The van der Waals surface area contributed by atoms with E-state index >= 15 is 0 Å². The Morgan fingerprint density at radius 3 is 1.33 bits per heavy atom. The van der Waals surface area contributed by atoms with Crippen molar-refractivity contribution in [2.45, 2.75) is 56.4 Å². The van der Waals surface area contributed by atoms with Gasteiger partial charge in [-0.15, -0.1) is 0 Å². The molecule has 144 valence electrons. The predicted octanol–water partition coefficient (Wildman–Crippen LogP) is 5.75. The summed E-state index contributed by atoms with van der Waals surface area (Å²) in [7, 11) is 0. The lowest BCUT2D eigenvalue weighted by Gasteiger charge is -1.84. The predicted molar refractivity (Wildman–Crippen MR) is 130 cm³/mol. The zero-order valence-corrected chi connectivity index (χ0v) is 18.1.